The van der Waals surface area contributed by atoms with E-state index in [1.165, 1.54) is 6.42 Å². The fourth-order valence-corrected chi connectivity index (χ4v) is 2.57. The van der Waals surface area contributed by atoms with Crippen molar-refractivity contribution < 1.29 is 9.47 Å². The van der Waals surface area contributed by atoms with Crippen LogP contribution in [0.2, 0.25) is 0 Å². The smallest absolute Gasteiger partial charge is 0.0800 e. The molecule has 1 unspecified atom stereocenters. The van der Waals surface area contributed by atoms with Gasteiger partial charge in [0.1, 0.15) is 0 Å². The number of morpholine rings is 1. The van der Waals surface area contributed by atoms with Crippen LogP contribution in [0, 0.1) is 11.3 Å². The molecule has 2 rings (SSSR count). The van der Waals surface area contributed by atoms with Crippen LogP contribution in [-0.2, 0) is 9.47 Å². The maximum Gasteiger partial charge on any atom is 0.0800 e. The molecule has 0 saturated carbocycles. The fourth-order valence-electron chi connectivity index (χ4n) is 2.57. The van der Waals surface area contributed by atoms with Gasteiger partial charge in [-0.3, -0.25) is 0 Å². The maximum atomic E-state index is 5.84. The molecule has 0 aromatic rings. The number of ether oxygens (including phenoxy) is 2. The molecule has 0 bridgehead atoms. The highest BCUT2D eigenvalue weighted by Crippen LogP contribution is 2.39. The summed E-state index contributed by atoms with van der Waals surface area (Å²) in [5.74, 6) is 0.726. The minimum Gasteiger partial charge on any atom is -0.380 e. The van der Waals surface area contributed by atoms with Gasteiger partial charge in [0, 0.05) is 18.5 Å². The first-order valence-corrected chi connectivity index (χ1v) is 5.63. The molecule has 0 aliphatic carbocycles. The van der Waals surface area contributed by atoms with E-state index in [-0.39, 0.29) is 0 Å². The zero-order chi connectivity index (χ0) is 10.0. The monoisotopic (exact) mass is 199 g/mol. The van der Waals surface area contributed by atoms with Crippen molar-refractivity contribution in [3.8, 4) is 0 Å². The van der Waals surface area contributed by atoms with Crippen LogP contribution in [0.1, 0.15) is 20.3 Å². The molecule has 2 heterocycles. The van der Waals surface area contributed by atoms with Crippen molar-refractivity contribution in [1.29, 1.82) is 0 Å². The SMILES string of the molecule is CC(C)CC1(C2CNCCO2)COC1. The molecule has 2 saturated heterocycles. The van der Waals surface area contributed by atoms with E-state index >= 15 is 0 Å². The molecule has 3 heteroatoms. The molecule has 0 spiro atoms. The van der Waals surface area contributed by atoms with Crippen LogP contribution in [-0.4, -0.2) is 39.0 Å². The second-order valence-electron chi connectivity index (χ2n) is 5.02. The largest absolute Gasteiger partial charge is 0.380 e. The molecule has 1 N–H and O–H groups in total. The molecule has 2 aliphatic rings. The Morgan fingerprint density at radius 2 is 2.21 bits per heavy atom. The summed E-state index contributed by atoms with van der Waals surface area (Å²) in [5.41, 5.74) is 0.307. The first kappa shape index (κ1) is 10.4. The first-order chi connectivity index (χ1) is 6.73. The van der Waals surface area contributed by atoms with Crippen molar-refractivity contribution in [3.63, 3.8) is 0 Å². The van der Waals surface area contributed by atoms with E-state index in [0.717, 1.165) is 38.8 Å². The summed E-state index contributed by atoms with van der Waals surface area (Å²) in [6.45, 7) is 9.16. The predicted molar refractivity (Wildman–Crippen MR) is 55.3 cm³/mol. The molecule has 2 fully saturated rings. The van der Waals surface area contributed by atoms with Crippen LogP contribution in [0.4, 0.5) is 0 Å². The quantitative estimate of drug-likeness (QED) is 0.736. The highest BCUT2D eigenvalue weighted by molar-refractivity contribution is 4.95. The van der Waals surface area contributed by atoms with E-state index in [2.05, 4.69) is 19.2 Å². The van der Waals surface area contributed by atoms with Gasteiger partial charge in [0.15, 0.2) is 0 Å². The highest BCUT2D eigenvalue weighted by Gasteiger charge is 2.47. The lowest BCUT2D eigenvalue weighted by Gasteiger charge is -2.49. The van der Waals surface area contributed by atoms with Crippen LogP contribution >= 0.6 is 0 Å². The standard InChI is InChI=1S/C11H21NO2/c1-9(2)5-11(7-13-8-11)10-6-12-3-4-14-10/h9-10,12H,3-8H2,1-2H3. The summed E-state index contributed by atoms with van der Waals surface area (Å²) in [5, 5.41) is 3.40. The third-order valence-corrected chi connectivity index (χ3v) is 3.20. The average Bonchev–Trinajstić information content (AvgIpc) is 2.12. The molecule has 2 aliphatic heterocycles. The number of rotatable bonds is 3. The van der Waals surface area contributed by atoms with Gasteiger partial charge in [-0.05, 0) is 12.3 Å². The summed E-state index contributed by atoms with van der Waals surface area (Å²) in [7, 11) is 0. The Hall–Kier alpha value is -0.120. The number of nitrogens with one attached hydrogen (secondary N) is 1. The average molecular weight is 199 g/mol. The van der Waals surface area contributed by atoms with Crippen LogP contribution < -0.4 is 5.32 Å². The Morgan fingerprint density at radius 1 is 1.43 bits per heavy atom. The van der Waals surface area contributed by atoms with Gasteiger partial charge in [-0.1, -0.05) is 13.8 Å². The summed E-state index contributed by atoms with van der Waals surface area (Å²) in [4.78, 5) is 0. The van der Waals surface area contributed by atoms with Gasteiger partial charge in [0.05, 0.1) is 25.9 Å². The zero-order valence-corrected chi connectivity index (χ0v) is 9.21. The zero-order valence-electron chi connectivity index (χ0n) is 9.21. The van der Waals surface area contributed by atoms with Crippen molar-refractivity contribution in [2.45, 2.75) is 26.4 Å². The van der Waals surface area contributed by atoms with E-state index in [1.54, 1.807) is 0 Å². The number of hydrogen-bond donors (Lipinski definition) is 1. The van der Waals surface area contributed by atoms with E-state index in [9.17, 15) is 0 Å². The summed E-state index contributed by atoms with van der Waals surface area (Å²) < 4.78 is 11.2. The molecule has 0 aromatic carbocycles. The number of hydrogen-bond acceptors (Lipinski definition) is 3. The third-order valence-electron chi connectivity index (χ3n) is 3.20. The van der Waals surface area contributed by atoms with Crippen molar-refractivity contribution in [1.82, 2.24) is 5.32 Å². The van der Waals surface area contributed by atoms with Crippen LogP contribution in [0.15, 0.2) is 0 Å². The second kappa shape index (κ2) is 4.17. The lowest BCUT2D eigenvalue weighted by molar-refractivity contribution is -0.200. The van der Waals surface area contributed by atoms with E-state index in [0.29, 0.717) is 11.5 Å². The second-order valence-corrected chi connectivity index (χ2v) is 5.02. The minimum absolute atomic E-state index is 0.307. The normalized spacial score (nSPS) is 31.5. The predicted octanol–water partition coefficient (Wildman–Crippen LogP) is 1.04. The van der Waals surface area contributed by atoms with Gasteiger partial charge >= 0.3 is 0 Å². The van der Waals surface area contributed by atoms with Gasteiger partial charge in [0.25, 0.3) is 0 Å². The summed E-state index contributed by atoms with van der Waals surface area (Å²) in [6, 6.07) is 0. The van der Waals surface area contributed by atoms with Crippen molar-refractivity contribution in [2.24, 2.45) is 11.3 Å². The van der Waals surface area contributed by atoms with Gasteiger partial charge in [-0.25, -0.2) is 0 Å². The topological polar surface area (TPSA) is 30.5 Å². The molecule has 1 atom stereocenters. The van der Waals surface area contributed by atoms with E-state index < -0.39 is 0 Å². The minimum atomic E-state index is 0.307. The van der Waals surface area contributed by atoms with Crippen molar-refractivity contribution in [3.05, 3.63) is 0 Å². The Morgan fingerprint density at radius 3 is 2.64 bits per heavy atom. The molecule has 0 aromatic heterocycles. The van der Waals surface area contributed by atoms with Crippen LogP contribution in [0.5, 0.6) is 0 Å². The molecular formula is C11H21NO2. The third kappa shape index (κ3) is 1.95. The fraction of sp³-hybridized carbons (Fsp3) is 1.00. The first-order valence-electron chi connectivity index (χ1n) is 5.63. The summed E-state index contributed by atoms with van der Waals surface area (Å²) >= 11 is 0. The van der Waals surface area contributed by atoms with E-state index in [4.69, 9.17) is 9.47 Å². The van der Waals surface area contributed by atoms with Gasteiger partial charge in [-0.2, -0.15) is 0 Å². The Kier molecular flexibility index (Phi) is 3.10. The molecule has 3 nitrogen and oxygen atoms in total. The van der Waals surface area contributed by atoms with Gasteiger partial charge in [0.2, 0.25) is 0 Å². The van der Waals surface area contributed by atoms with Crippen LogP contribution in [0.25, 0.3) is 0 Å². The molecule has 0 amide bonds. The highest BCUT2D eigenvalue weighted by atomic mass is 16.5. The van der Waals surface area contributed by atoms with Crippen molar-refractivity contribution >= 4 is 0 Å². The molecular weight excluding hydrogens is 178 g/mol. The Labute approximate surface area is 86.2 Å². The van der Waals surface area contributed by atoms with Crippen molar-refractivity contribution in [2.75, 3.05) is 32.9 Å². The molecule has 82 valence electrons. The van der Waals surface area contributed by atoms with E-state index in [1.807, 2.05) is 0 Å². The Balaban J connectivity index is 1.95. The summed E-state index contributed by atoms with van der Waals surface area (Å²) in [6.07, 6.45) is 1.59. The van der Waals surface area contributed by atoms with Gasteiger partial charge < -0.3 is 14.8 Å². The van der Waals surface area contributed by atoms with Gasteiger partial charge in [-0.15, -0.1) is 0 Å². The molecule has 14 heavy (non-hydrogen) atoms. The molecule has 0 radical (unpaired) electrons. The lowest BCUT2D eigenvalue weighted by Crippen LogP contribution is -2.58. The van der Waals surface area contributed by atoms with Crippen LogP contribution in [0.3, 0.4) is 0 Å². The lowest BCUT2D eigenvalue weighted by atomic mass is 9.73. The maximum absolute atomic E-state index is 5.84. The Bertz CT molecular complexity index is 184.